The van der Waals surface area contributed by atoms with Crippen molar-refractivity contribution >= 4 is 12.0 Å². The molecule has 80 valence electrons. The minimum absolute atomic E-state index is 0.0133. The number of carboxylic acid groups (broad SMARTS) is 1. The Bertz CT molecular complexity index is 341. The predicted molar refractivity (Wildman–Crippen MR) is 58.4 cm³/mol. The first kappa shape index (κ1) is 11.5. The molecule has 0 heterocycles. The van der Waals surface area contributed by atoms with Crippen LogP contribution in [0.2, 0.25) is 0 Å². The van der Waals surface area contributed by atoms with E-state index in [1.54, 1.807) is 6.08 Å². The van der Waals surface area contributed by atoms with Gasteiger partial charge in [0.1, 0.15) is 0 Å². The van der Waals surface area contributed by atoms with Gasteiger partial charge in [-0.25, -0.2) is 4.79 Å². The first-order chi connectivity index (χ1) is 7.24. The van der Waals surface area contributed by atoms with E-state index in [1.807, 2.05) is 30.3 Å². The fraction of sp³-hybridized carbons (Fsp3) is 0.250. The summed E-state index contributed by atoms with van der Waals surface area (Å²) in [5, 5.41) is 17.6. The summed E-state index contributed by atoms with van der Waals surface area (Å²) in [5.74, 6) is -0.924. The van der Waals surface area contributed by atoms with Crippen LogP contribution in [-0.2, 0) is 4.79 Å². The van der Waals surface area contributed by atoms with Crippen LogP contribution in [0.4, 0.5) is 0 Å². The summed E-state index contributed by atoms with van der Waals surface area (Å²) in [6.07, 6.45) is 2.50. The molecule has 0 aliphatic rings. The molecule has 0 spiro atoms. The normalized spacial score (nSPS) is 11.4. The monoisotopic (exact) mass is 206 g/mol. The second kappa shape index (κ2) is 5.98. The number of rotatable bonds is 5. The molecule has 0 aliphatic heterocycles. The lowest BCUT2D eigenvalue weighted by atomic mass is 10.1. The smallest absolute Gasteiger partial charge is 0.331 e. The molecular weight excluding hydrogens is 192 g/mol. The zero-order chi connectivity index (χ0) is 11.1. The Morgan fingerprint density at radius 1 is 1.27 bits per heavy atom. The lowest BCUT2D eigenvalue weighted by Gasteiger charge is -2.00. The lowest BCUT2D eigenvalue weighted by Crippen LogP contribution is -2.01. The predicted octanol–water partition coefficient (Wildman–Crippen LogP) is 1.93. The molecule has 0 aliphatic carbocycles. The van der Waals surface area contributed by atoms with Crippen LogP contribution in [0.25, 0.3) is 6.08 Å². The number of carbonyl (C=O) groups is 1. The van der Waals surface area contributed by atoms with Crippen LogP contribution in [0.15, 0.2) is 35.9 Å². The maximum atomic E-state index is 10.9. The highest BCUT2D eigenvalue weighted by Crippen LogP contribution is 2.11. The third-order valence-electron chi connectivity index (χ3n) is 2.02. The summed E-state index contributed by atoms with van der Waals surface area (Å²) in [6.45, 7) is 0.0133. The van der Waals surface area contributed by atoms with Crippen molar-refractivity contribution in [3.05, 3.63) is 41.5 Å². The van der Waals surface area contributed by atoms with Gasteiger partial charge in [0.15, 0.2) is 0 Å². The fourth-order valence-electron chi connectivity index (χ4n) is 1.26. The maximum Gasteiger partial charge on any atom is 0.331 e. The Hall–Kier alpha value is -1.61. The molecule has 0 bridgehead atoms. The van der Waals surface area contributed by atoms with Crippen molar-refractivity contribution in [2.45, 2.75) is 12.8 Å². The fourth-order valence-corrected chi connectivity index (χ4v) is 1.26. The molecule has 15 heavy (non-hydrogen) atoms. The van der Waals surface area contributed by atoms with Gasteiger partial charge in [0.05, 0.1) is 0 Å². The van der Waals surface area contributed by atoms with Crippen molar-refractivity contribution in [3.63, 3.8) is 0 Å². The van der Waals surface area contributed by atoms with E-state index in [0.717, 1.165) is 5.56 Å². The standard InChI is InChI=1S/C12H14O3/c13-8-4-7-11(12(14)15)9-10-5-2-1-3-6-10/h1-3,5-6,9,13H,4,7-8H2,(H,14,15)/b11-9+. The molecule has 2 N–H and O–H groups in total. The zero-order valence-electron chi connectivity index (χ0n) is 8.39. The highest BCUT2D eigenvalue weighted by atomic mass is 16.4. The summed E-state index contributed by atoms with van der Waals surface area (Å²) < 4.78 is 0. The molecule has 0 atom stereocenters. The number of hydrogen-bond acceptors (Lipinski definition) is 2. The molecule has 1 aromatic carbocycles. The zero-order valence-corrected chi connectivity index (χ0v) is 8.39. The second-order valence-corrected chi connectivity index (χ2v) is 3.21. The molecule has 3 heteroatoms. The van der Waals surface area contributed by atoms with Gasteiger partial charge in [0.25, 0.3) is 0 Å². The van der Waals surface area contributed by atoms with Gasteiger partial charge in [-0.2, -0.15) is 0 Å². The quantitative estimate of drug-likeness (QED) is 0.724. The van der Waals surface area contributed by atoms with Crippen molar-refractivity contribution in [2.24, 2.45) is 0 Å². The van der Waals surface area contributed by atoms with Crippen molar-refractivity contribution in [3.8, 4) is 0 Å². The van der Waals surface area contributed by atoms with Gasteiger partial charge in [-0.3, -0.25) is 0 Å². The van der Waals surface area contributed by atoms with Gasteiger partial charge in [-0.05, 0) is 24.5 Å². The maximum absolute atomic E-state index is 10.9. The van der Waals surface area contributed by atoms with E-state index < -0.39 is 5.97 Å². The van der Waals surface area contributed by atoms with Gasteiger partial charge in [0.2, 0.25) is 0 Å². The van der Waals surface area contributed by atoms with E-state index in [9.17, 15) is 4.79 Å². The second-order valence-electron chi connectivity index (χ2n) is 3.21. The van der Waals surface area contributed by atoms with Crippen LogP contribution in [0.3, 0.4) is 0 Å². The van der Waals surface area contributed by atoms with Crippen LogP contribution in [0.5, 0.6) is 0 Å². The average Bonchev–Trinajstić information content (AvgIpc) is 2.25. The topological polar surface area (TPSA) is 57.5 Å². The molecule has 3 nitrogen and oxygen atoms in total. The number of benzene rings is 1. The Labute approximate surface area is 88.7 Å². The number of carboxylic acids is 1. The van der Waals surface area contributed by atoms with Crippen LogP contribution in [-0.4, -0.2) is 22.8 Å². The molecule has 0 saturated heterocycles. The number of aliphatic hydroxyl groups is 1. The van der Waals surface area contributed by atoms with Gasteiger partial charge >= 0.3 is 5.97 Å². The van der Waals surface area contributed by atoms with Gasteiger partial charge in [0, 0.05) is 12.2 Å². The molecule has 0 saturated carbocycles. The van der Waals surface area contributed by atoms with Crippen molar-refractivity contribution in [2.75, 3.05) is 6.61 Å². The van der Waals surface area contributed by atoms with Crippen molar-refractivity contribution in [1.29, 1.82) is 0 Å². The SMILES string of the molecule is O=C(O)/C(=C/c1ccccc1)CCCO. The lowest BCUT2D eigenvalue weighted by molar-refractivity contribution is -0.132. The summed E-state index contributed by atoms with van der Waals surface area (Å²) in [5.41, 5.74) is 1.20. The molecule has 0 fully saturated rings. The Kier molecular flexibility index (Phi) is 4.57. The van der Waals surface area contributed by atoms with E-state index in [1.165, 1.54) is 0 Å². The van der Waals surface area contributed by atoms with E-state index in [4.69, 9.17) is 10.2 Å². The number of hydrogen-bond donors (Lipinski definition) is 2. The molecule has 0 aromatic heterocycles. The Balaban J connectivity index is 2.79. The number of aliphatic carboxylic acids is 1. The van der Waals surface area contributed by atoms with Crippen LogP contribution in [0.1, 0.15) is 18.4 Å². The summed E-state index contributed by atoms with van der Waals surface area (Å²) in [6, 6.07) is 9.30. The van der Waals surface area contributed by atoms with Gasteiger partial charge in [-0.15, -0.1) is 0 Å². The Morgan fingerprint density at radius 2 is 1.93 bits per heavy atom. The van der Waals surface area contributed by atoms with Crippen LogP contribution < -0.4 is 0 Å². The van der Waals surface area contributed by atoms with E-state index in [0.29, 0.717) is 18.4 Å². The summed E-state index contributed by atoms with van der Waals surface area (Å²) in [4.78, 5) is 10.9. The summed E-state index contributed by atoms with van der Waals surface area (Å²) in [7, 11) is 0. The first-order valence-corrected chi connectivity index (χ1v) is 4.84. The minimum Gasteiger partial charge on any atom is -0.478 e. The molecule has 1 rings (SSSR count). The van der Waals surface area contributed by atoms with Crippen molar-refractivity contribution in [1.82, 2.24) is 0 Å². The minimum atomic E-state index is -0.924. The molecule has 0 amide bonds. The summed E-state index contributed by atoms with van der Waals surface area (Å²) >= 11 is 0. The molecule has 1 aromatic rings. The number of aliphatic hydroxyl groups excluding tert-OH is 1. The van der Waals surface area contributed by atoms with Gasteiger partial charge in [-0.1, -0.05) is 30.3 Å². The first-order valence-electron chi connectivity index (χ1n) is 4.84. The highest BCUT2D eigenvalue weighted by molar-refractivity contribution is 5.92. The third kappa shape index (κ3) is 3.95. The Morgan fingerprint density at radius 3 is 2.47 bits per heavy atom. The van der Waals surface area contributed by atoms with E-state index in [-0.39, 0.29) is 6.61 Å². The van der Waals surface area contributed by atoms with Crippen molar-refractivity contribution < 1.29 is 15.0 Å². The van der Waals surface area contributed by atoms with E-state index in [2.05, 4.69) is 0 Å². The molecular formula is C12H14O3. The van der Waals surface area contributed by atoms with Crippen LogP contribution >= 0.6 is 0 Å². The highest BCUT2D eigenvalue weighted by Gasteiger charge is 2.06. The third-order valence-corrected chi connectivity index (χ3v) is 2.02. The van der Waals surface area contributed by atoms with Crippen LogP contribution in [0, 0.1) is 0 Å². The molecule has 0 radical (unpaired) electrons. The average molecular weight is 206 g/mol. The van der Waals surface area contributed by atoms with Gasteiger partial charge < -0.3 is 10.2 Å². The molecule has 0 unspecified atom stereocenters. The largest absolute Gasteiger partial charge is 0.478 e. The van der Waals surface area contributed by atoms with E-state index >= 15 is 0 Å².